The van der Waals surface area contributed by atoms with E-state index < -0.39 is 0 Å². The molecule has 2 rings (SSSR count). The lowest BCUT2D eigenvalue weighted by Crippen LogP contribution is -2.48. The van der Waals surface area contributed by atoms with Gasteiger partial charge in [0, 0.05) is 18.6 Å². The van der Waals surface area contributed by atoms with Crippen molar-refractivity contribution in [2.45, 2.75) is 45.7 Å². The average molecular weight is 196 g/mol. The maximum absolute atomic E-state index is 3.55. The van der Waals surface area contributed by atoms with Gasteiger partial charge < -0.3 is 5.32 Å². The van der Waals surface area contributed by atoms with Crippen LogP contribution in [0.25, 0.3) is 0 Å². The van der Waals surface area contributed by atoms with Gasteiger partial charge in [-0.1, -0.05) is 13.8 Å². The topological polar surface area (TPSA) is 15.3 Å². The quantitative estimate of drug-likeness (QED) is 0.687. The third-order valence-corrected chi connectivity index (χ3v) is 4.32. The standard InChI is InChI=1S/C12H24N2/c1-9-5-7-14(8-10(9)2)12-4-6-13-11(12)3/h9-13H,4-8H2,1-3H3. The van der Waals surface area contributed by atoms with Gasteiger partial charge in [0.25, 0.3) is 0 Å². The Labute approximate surface area is 88.1 Å². The normalized spacial score (nSPS) is 45.6. The first kappa shape index (κ1) is 10.4. The Bertz CT molecular complexity index is 193. The predicted octanol–water partition coefficient (Wildman–Crippen LogP) is 1.71. The Morgan fingerprint density at radius 1 is 1.07 bits per heavy atom. The van der Waals surface area contributed by atoms with Crippen LogP contribution in [0.4, 0.5) is 0 Å². The molecule has 0 aliphatic carbocycles. The fourth-order valence-electron chi connectivity index (χ4n) is 2.94. The van der Waals surface area contributed by atoms with Gasteiger partial charge in [0.05, 0.1) is 0 Å². The summed E-state index contributed by atoms with van der Waals surface area (Å²) < 4.78 is 0. The van der Waals surface area contributed by atoms with Crippen molar-refractivity contribution in [1.82, 2.24) is 10.2 Å². The first-order chi connectivity index (χ1) is 6.68. The second-order valence-electron chi connectivity index (χ2n) is 5.34. The van der Waals surface area contributed by atoms with E-state index in [1.165, 1.54) is 32.5 Å². The van der Waals surface area contributed by atoms with E-state index in [0.717, 1.165) is 17.9 Å². The van der Waals surface area contributed by atoms with Crippen LogP contribution in [0.2, 0.25) is 0 Å². The first-order valence-electron chi connectivity index (χ1n) is 6.16. The highest BCUT2D eigenvalue weighted by Crippen LogP contribution is 2.26. The molecule has 2 aliphatic rings. The van der Waals surface area contributed by atoms with E-state index in [2.05, 4.69) is 31.0 Å². The van der Waals surface area contributed by atoms with Crippen LogP contribution in [-0.2, 0) is 0 Å². The summed E-state index contributed by atoms with van der Waals surface area (Å²) in [6.45, 7) is 11.0. The molecule has 0 bridgehead atoms. The number of hydrogen-bond acceptors (Lipinski definition) is 2. The van der Waals surface area contributed by atoms with E-state index >= 15 is 0 Å². The fraction of sp³-hybridized carbons (Fsp3) is 1.00. The van der Waals surface area contributed by atoms with Gasteiger partial charge >= 0.3 is 0 Å². The molecule has 2 heterocycles. The lowest BCUT2D eigenvalue weighted by Gasteiger charge is -2.40. The Balaban J connectivity index is 1.92. The number of nitrogens with one attached hydrogen (secondary N) is 1. The van der Waals surface area contributed by atoms with Crippen LogP contribution in [-0.4, -0.2) is 36.6 Å². The van der Waals surface area contributed by atoms with Gasteiger partial charge in [-0.2, -0.15) is 0 Å². The maximum atomic E-state index is 3.55. The molecule has 2 saturated heterocycles. The minimum Gasteiger partial charge on any atom is -0.313 e. The van der Waals surface area contributed by atoms with Crippen molar-refractivity contribution in [1.29, 1.82) is 0 Å². The molecule has 0 aromatic heterocycles. The summed E-state index contributed by atoms with van der Waals surface area (Å²) in [6.07, 6.45) is 2.74. The van der Waals surface area contributed by atoms with Crippen LogP contribution >= 0.6 is 0 Å². The molecule has 4 unspecified atom stereocenters. The molecular formula is C12H24N2. The van der Waals surface area contributed by atoms with Gasteiger partial charge in [0.15, 0.2) is 0 Å². The molecule has 0 spiro atoms. The SMILES string of the molecule is CC1CCN(C2CCNC2C)CC1C. The highest BCUT2D eigenvalue weighted by atomic mass is 15.2. The number of rotatable bonds is 1. The summed E-state index contributed by atoms with van der Waals surface area (Å²) in [5.41, 5.74) is 0. The molecule has 14 heavy (non-hydrogen) atoms. The smallest absolute Gasteiger partial charge is 0.0258 e. The van der Waals surface area contributed by atoms with Crippen LogP contribution in [0.15, 0.2) is 0 Å². The number of hydrogen-bond donors (Lipinski definition) is 1. The average Bonchev–Trinajstić information content (AvgIpc) is 2.57. The zero-order chi connectivity index (χ0) is 10.1. The molecule has 82 valence electrons. The van der Waals surface area contributed by atoms with E-state index in [1.807, 2.05) is 0 Å². The maximum Gasteiger partial charge on any atom is 0.0258 e. The summed E-state index contributed by atoms with van der Waals surface area (Å²) in [7, 11) is 0. The van der Waals surface area contributed by atoms with Gasteiger partial charge in [0.1, 0.15) is 0 Å². The van der Waals surface area contributed by atoms with Gasteiger partial charge in [-0.25, -0.2) is 0 Å². The summed E-state index contributed by atoms with van der Waals surface area (Å²) >= 11 is 0. The molecule has 0 amide bonds. The molecule has 0 aromatic rings. The van der Waals surface area contributed by atoms with E-state index in [0.29, 0.717) is 6.04 Å². The lowest BCUT2D eigenvalue weighted by molar-refractivity contribution is 0.0914. The van der Waals surface area contributed by atoms with E-state index in [1.54, 1.807) is 0 Å². The van der Waals surface area contributed by atoms with Crippen molar-refractivity contribution in [3.63, 3.8) is 0 Å². The van der Waals surface area contributed by atoms with Crippen molar-refractivity contribution in [2.75, 3.05) is 19.6 Å². The second-order valence-corrected chi connectivity index (χ2v) is 5.34. The third kappa shape index (κ3) is 1.96. The Hall–Kier alpha value is -0.0800. The largest absolute Gasteiger partial charge is 0.313 e. The van der Waals surface area contributed by atoms with Crippen molar-refractivity contribution in [2.24, 2.45) is 11.8 Å². The van der Waals surface area contributed by atoms with Crippen LogP contribution in [0.3, 0.4) is 0 Å². The molecule has 2 heteroatoms. The first-order valence-corrected chi connectivity index (χ1v) is 6.16. The summed E-state index contributed by atoms with van der Waals surface area (Å²) in [5, 5.41) is 3.55. The third-order valence-electron chi connectivity index (χ3n) is 4.32. The summed E-state index contributed by atoms with van der Waals surface area (Å²) in [5.74, 6) is 1.81. The zero-order valence-corrected chi connectivity index (χ0v) is 9.79. The van der Waals surface area contributed by atoms with Gasteiger partial charge in [-0.15, -0.1) is 0 Å². The van der Waals surface area contributed by atoms with Crippen molar-refractivity contribution >= 4 is 0 Å². The predicted molar refractivity (Wildman–Crippen MR) is 60.4 cm³/mol. The van der Waals surface area contributed by atoms with E-state index in [-0.39, 0.29) is 0 Å². The zero-order valence-electron chi connectivity index (χ0n) is 9.79. The number of piperidine rings is 1. The van der Waals surface area contributed by atoms with Gasteiger partial charge in [-0.05, 0) is 44.7 Å². The van der Waals surface area contributed by atoms with Crippen molar-refractivity contribution < 1.29 is 0 Å². The van der Waals surface area contributed by atoms with Crippen molar-refractivity contribution in [3.05, 3.63) is 0 Å². The second kappa shape index (κ2) is 4.19. The summed E-state index contributed by atoms with van der Waals surface area (Å²) in [4.78, 5) is 2.72. The van der Waals surface area contributed by atoms with Crippen LogP contribution in [0.1, 0.15) is 33.6 Å². The van der Waals surface area contributed by atoms with E-state index in [4.69, 9.17) is 0 Å². The number of nitrogens with zero attached hydrogens (tertiary/aromatic N) is 1. The Morgan fingerprint density at radius 3 is 2.43 bits per heavy atom. The lowest BCUT2D eigenvalue weighted by atomic mass is 9.87. The van der Waals surface area contributed by atoms with Crippen LogP contribution in [0.5, 0.6) is 0 Å². The monoisotopic (exact) mass is 196 g/mol. The Morgan fingerprint density at radius 2 is 1.86 bits per heavy atom. The summed E-state index contributed by atoms with van der Waals surface area (Å²) in [6, 6.07) is 1.51. The highest BCUT2D eigenvalue weighted by molar-refractivity contribution is 4.90. The minimum atomic E-state index is 0.704. The minimum absolute atomic E-state index is 0.704. The Kier molecular flexibility index (Phi) is 3.13. The van der Waals surface area contributed by atoms with Gasteiger partial charge in [0.2, 0.25) is 0 Å². The molecule has 2 nitrogen and oxygen atoms in total. The molecule has 4 atom stereocenters. The number of likely N-dealkylation sites (tertiary alicyclic amines) is 1. The van der Waals surface area contributed by atoms with Crippen molar-refractivity contribution in [3.8, 4) is 0 Å². The molecule has 0 aromatic carbocycles. The highest BCUT2D eigenvalue weighted by Gasteiger charge is 2.32. The molecule has 0 radical (unpaired) electrons. The molecule has 2 fully saturated rings. The van der Waals surface area contributed by atoms with E-state index in [9.17, 15) is 0 Å². The van der Waals surface area contributed by atoms with Gasteiger partial charge in [-0.3, -0.25) is 4.90 Å². The fourth-order valence-corrected chi connectivity index (χ4v) is 2.94. The van der Waals surface area contributed by atoms with Crippen LogP contribution < -0.4 is 5.32 Å². The molecule has 1 N–H and O–H groups in total. The molecular weight excluding hydrogens is 172 g/mol. The molecule has 0 saturated carbocycles. The molecule has 2 aliphatic heterocycles. The van der Waals surface area contributed by atoms with Crippen LogP contribution in [0, 0.1) is 11.8 Å².